The van der Waals surface area contributed by atoms with Crippen LogP contribution in [0.5, 0.6) is 0 Å². The average Bonchev–Trinajstić information content (AvgIpc) is 2.98. The monoisotopic (exact) mass is 330 g/mol. The minimum atomic E-state index is -0.428. The molecule has 6 nitrogen and oxygen atoms in total. The van der Waals surface area contributed by atoms with Crippen molar-refractivity contribution in [2.45, 2.75) is 4.90 Å². The number of nitro benzene ring substituents is 1. The largest absolute Gasteiger partial charge is 0.330 e. The lowest BCUT2D eigenvalue weighted by molar-refractivity contribution is -0.384. The van der Waals surface area contributed by atoms with Crippen LogP contribution < -0.4 is 5.32 Å². The van der Waals surface area contributed by atoms with Gasteiger partial charge in [-0.3, -0.25) is 10.1 Å². The van der Waals surface area contributed by atoms with Crippen molar-refractivity contribution in [3.63, 3.8) is 0 Å². The number of non-ortho nitro benzene ring substituents is 1. The van der Waals surface area contributed by atoms with E-state index in [2.05, 4.69) is 28.1 Å². The number of hydrogen-bond donors (Lipinski definition) is 2. The van der Waals surface area contributed by atoms with Gasteiger partial charge >= 0.3 is 0 Å². The Bertz CT molecular complexity index is 818. The molecule has 1 aromatic heterocycles. The molecule has 0 amide bonds. The molecule has 0 fully saturated rings. The summed E-state index contributed by atoms with van der Waals surface area (Å²) in [5, 5.41) is 23.3. The average molecular weight is 330 g/mol. The van der Waals surface area contributed by atoms with Crippen LogP contribution in [-0.4, -0.2) is 15.1 Å². The molecule has 8 heteroatoms. The molecule has 0 spiro atoms. The number of nitro groups is 1. The summed E-state index contributed by atoms with van der Waals surface area (Å²) in [7, 11) is 0. The summed E-state index contributed by atoms with van der Waals surface area (Å²) in [6, 6.07) is 13.8. The number of anilines is 2. The molecule has 0 aliphatic rings. The first-order valence-corrected chi connectivity index (χ1v) is 7.52. The summed E-state index contributed by atoms with van der Waals surface area (Å²) in [6.07, 6.45) is 0. The van der Waals surface area contributed by atoms with E-state index in [0.29, 0.717) is 15.7 Å². The Morgan fingerprint density at radius 1 is 1.14 bits per heavy atom. The molecule has 0 saturated heterocycles. The molecule has 1 N–H and O–H groups in total. The topological polar surface area (TPSA) is 81.0 Å². The summed E-state index contributed by atoms with van der Waals surface area (Å²) >= 11 is 5.56. The highest BCUT2D eigenvalue weighted by molar-refractivity contribution is 7.80. The molecule has 0 unspecified atom stereocenters. The molecule has 0 saturated carbocycles. The van der Waals surface area contributed by atoms with E-state index in [1.54, 1.807) is 12.1 Å². The van der Waals surface area contributed by atoms with Crippen LogP contribution in [0.2, 0.25) is 0 Å². The van der Waals surface area contributed by atoms with E-state index in [-0.39, 0.29) is 5.69 Å². The van der Waals surface area contributed by atoms with Crippen molar-refractivity contribution in [1.29, 1.82) is 0 Å². The highest BCUT2D eigenvalue weighted by atomic mass is 32.1. The van der Waals surface area contributed by atoms with Crippen LogP contribution in [0.1, 0.15) is 0 Å². The van der Waals surface area contributed by atoms with Gasteiger partial charge in [0.15, 0.2) is 0 Å². The Labute approximate surface area is 135 Å². The summed E-state index contributed by atoms with van der Waals surface area (Å²) in [5.74, 6) is 0. The first kappa shape index (κ1) is 14.5. The van der Waals surface area contributed by atoms with E-state index in [1.165, 1.54) is 23.5 Å². The second-order valence-electron chi connectivity index (χ2n) is 4.39. The number of nitrogens with zero attached hydrogens (tertiary/aromatic N) is 3. The highest BCUT2D eigenvalue weighted by Gasteiger charge is 2.11. The highest BCUT2D eigenvalue weighted by Crippen LogP contribution is 2.30. The normalized spacial score (nSPS) is 10.4. The van der Waals surface area contributed by atoms with Crippen molar-refractivity contribution in [1.82, 2.24) is 10.2 Å². The van der Waals surface area contributed by atoms with Gasteiger partial charge in [-0.15, -0.1) is 22.8 Å². The van der Waals surface area contributed by atoms with Crippen molar-refractivity contribution < 1.29 is 4.92 Å². The molecule has 3 rings (SSSR count). The lowest BCUT2D eigenvalue weighted by Crippen LogP contribution is -1.88. The summed E-state index contributed by atoms with van der Waals surface area (Å²) < 4.78 is 0. The maximum Gasteiger partial charge on any atom is 0.270 e. The fourth-order valence-electron chi connectivity index (χ4n) is 1.81. The van der Waals surface area contributed by atoms with Crippen LogP contribution in [0.3, 0.4) is 0 Å². The first-order valence-electron chi connectivity index (χ1n) is 6.26. The zero-order chi connectivity index (χ0) is 15.5. The van der Waals surface area contributed by atoms with Crippen LogP contribution in [0.25, 0.3) is 10.6 Å². The van der Waals surface area contributed by atoms with Gasteiger partial charge in [0.25, 0.3) is 5.69 Å². The van der Waals surface area contributed by atoms with Gasteiger partial charge in [-0.25, -0.2) is 0 Å². The quantitative estimate of drug-likeness (QED) is 0.427. The first-order chi connectivity index (χ1) is 10.6. The van der Waals surface area contributed by atoms with Gasteiger partial charge in [0.1, 0.15) is 5.01 Å². The maximum absolute atomic E-state index is 10.8. The van der Waals surface area contributed by atoms with Crippen molar-refractivity contribution in [3.05, 3.63) is 58.6 Å². The Kier molecular flexibility index (Phi) is 4.03. The molecular formula is C14H10N4O2S2. The molecule has 0 bridgehead atoms. The number of benzene rings is 2. The Morgan fingerprint density at radius 2 is 1.91 bits per heavy atom. The molecule has 2 aromatic carbocycles. The van der Waals surface area contributed by atoms with E-state index in [1.807, 2.05) is 24.3 Å². The van der Waals surface area contributed by atoms with Crippen LogP contribution >= 0.6 is 24.0 Å². The number of rotatable bonds is 4. The molecule has 0 atom stereocenters. The molecular weight excluding hydrogens is 320 g/mol. The Hall–Kier alpha value is -2.45. The molecule has 0 radical (unpaired) electrons. The zero-order valence-corrected chi connectivity index (χ0v) is 12.8. The second kappa shape index (κ2) is 6.12. The number of nitrogens with one attached hydrogen (secondary N) is 1. The number of aromatic nitrogens is 2. The van der Waals surface area contributed by atoms with E-state index >= 15 is 0 Å². The van der Waals surface area contributed by atoms with Crippen LogP contribution in [-0.2, 0) is 0 Å². The summed E-state index contributed by atoms with van der Waals surface area (Å²) in [5.41, 5.74) is 1.58. The second-order valence-corrected chi connectivity index (χ2v) is 5.89. The third kappa shape index (κ3) is 3.23. The lowest BCUT2D eigenvalue weighted by Gasteiger charge is -2.01. The smallest absolute Gasteiger partial charge is 0.270 e. The zero-order valence-electron chi connectivity index (χ0n) is 11.1. The summed E-state index contributed by atoms with van der Waals surface area (Å²) in [6.45, 7) is 0. The molecule has 0 aliphatic carbocycles. The Balaban J connectivity index is 1.83. The minimum absolute atomic E-state index is 0.0339. The molecule has 110 valence electrons. The van der Waals surface area contributed by atoms with Gasteiger partial charge in [0, 0.05) is 28.3 Å². The van der Waals surface area contributed by atoms with Gasteiger partial charge in [-0.05, 0) is 24.3 Å². The predicted octanol–water partition coefficient (Wildman–Crippen LogP) is 4.15. The van der Waals surface area contributed by atoms with Gasteiger partial charge in [0.2, 0.25) is 5.13 Å². The summed E-state index contributed by atoms with van der Waals surface area (Å²) in [4.78, 5) is 11.3. The number of thiol groups is 1. The maximum atomic E-state index is 10.8. The SMILES string of the molecule is O=[N+]([O-])c1cccc(-c2nnc(Nc3ccc(S)cc3)s2)c1. The van der Waals surface area contributed by atoms with Crippen molar-refractivity contribution in [3.8, 4) is 10.6 Å². The lowest BCUT2D eigenvalue weighted by atomic mass is 10.2. The molecule has 1 heterocycles. The molecule has 22 heavy (non-hydrogen) atoms. The van der Waals surface area contributed by atoms with E-state index < -0.39 is 4.92 Å². The fraction of sp³-hybridized carbons (Fsp3) is 0. The van der Waals surface area contributed by atoms with Gasteiger partial charge in [-0.1, -0.05) is 23.5 Å². The minimum Gasteiger partial charge on any atom is -0.330 e. The standard InChI is InChI=1S/C14H10N4O2S2/c19-18(20)11-3-1-2-9(8-11)13-16-17-14(22-13)15-10-4-6-12(21)7-5-10/h1-8,21H,(H,15,17). The number of hydrogen-bond acceptors (Lipinski definition) is 7. The van der Waals surface area contributed by atoms with E-state index in [9.17, 15) is 10.1 Å². The van der Waals surface area contributed by atoms with Crippen molar-refractivity contribution >= 4 is 40.5 Å². The van der Waals surface area contributed by atoms with E-state index in [4.69, 9.17) is 0 Å². The van der Waals surface area contributed by atoms with Crippen LogP contribution in [0, 0.1) is 10.1 Å². The van der Waals surface area contributed by atoms with E-state index in [0.717, 1.165) is 10.6 Å². The third-order valence-electron chi connectivity index (χ3n) is 2.85. The molecule has 3 aromatic rings. The van der Waals surface area contributed by atoms with Crippen LogP contribution in [0.15, 0.2) is 53.4 Å². The molecule has 0 aliphatic heterocycles. The van der Waals surface area contributed by atoms with Gasteiger partial charge < -0.3 is 5.32 Å². The predicted molar refractivity (Wildman–Crippen MR) is 89.0 cm³/mol. The third-order valence-corrected chi connectivity index (χ3v) is 4.03. The van der Waals surface area contributed by atoms with Crippen LogP contribution in [0.4, 0.5) is 16.5 Å². The fourth-order valence-corrected chi connectivity index (χ4v) is 2.72. The van der Waals surface area contributed by atoms with Crippen molar-refractivity contribution in [2.75, 3.05) is 5.32 Å². The van der Waals surface area contributed by atoms with Gasteiger partial charge in [-0.2, -0.15) is 0 Å². The van der Waals surface area contributed by atoms with Crippen molar-refractivity contribution in [2.24, 2.45) is 0 Å². The van der Waals surface area contributed by atoms with Gasteiger partial charge in [0.05, 0.1) is 4.92 Å². The Morgan fingerprint density at radius 3 is 2.64 bits per heavy atom.